The van der Waals surface area contributed by atoms with E-state index in [9.17, 15) is 8.78 Å². The fourth-order valence-electron chi connectivity index (χ4n) is 2.02. The third kappa shape index (κ3) is 3.55. The first kappa shape index (κ1) is 13.9. The number of ether oxygens (including phenoxy) is 1. The first-order valence-electron chi connectivity index (χ1n) is 6.93. The molecule has 0 amide bonds. The smallest absolute Gasteiger partial charge is 0.224 e. The third-order valence-corrected chi connectivity index (χ3v) is 3.34. The number of halogens is 2. The second-order valence-corrected chi connectivity index (χ2v) is 5.31. The largest absolute Gasteiger partial charge is 0.436 e. The summed E-state index contributed by atoms with van der Waals surface area (Å²) in [6.07, 6.45) is 3.33. The van der Waals surface area contributed by atoms with Gasteiger partial charge in [-0.05, 0) is 43.5 Å². The van der Waals surface area contributed by atoms with Crippen molar-refractivity contribution in [3.8, 4) is 11.6 Å². The fourth-order valence-corrected chi connectivity index (χ4v) is 2.02. The first-order chi connectivity index (χ1) is 10.1. The normalized spacial score (nSPS) is 14.2. The van der Waals surface area contributed by atoms with Crippen molar-refractivity contribution in [1.82, 2.24) is 10.3 Å². The second kappa shape index (κ2) is 5.77. The Balaban J connectivity index is 1.84. The molecular formula is C16H16F2N2O. The summed E-state index contributed by atoms with van der Waals surface area (Å²) < 4.78 is 32.6. The van der Waals surface area contributed by atoms with Gasteiger partial charge in [0.2, 0.25) is 5.88 Å². The van der Waals surface area contributed by atoms with Crippen molar-refractivity contribution in [2.24, 2.45) is 0 Å². The van der Waals surface area contributed by atoms with E-state index in [0.717, 1.165) is 24.6 Å². The molecule has 2 aromatic rings. The van der Waals surface area contributed by atoms with Crippen LogP contribution in [0.25, 0.3) is 0 Å². The van der Waals surface area contributed by atoms with Gasteiger partial charge in [0.15, 0.2) is 11.6 Å². The minimum absolute atomic E-state index is 0.0989. The standard InChI is InChI=1S/C16H16F2N2O/c1-10-2-5-14(18)15(6-10)21-16-11(7-12(17)9-20-16)8-19-13-3-4-13/h2,5-7,9,13,19H,3-4,8H2,1H3. The first-order valence-corrected chi connectivity index (χ1v) is 6.93. The predicted octanol–water partition coefficient (Wildman–Crippen LogP) is 3.71. The summed E-state index contributed by atoms with van der Waals surface area (Å²) in [5.41, 5.74) is 1.47. The Bertz CT molecular complexity index is 657. The highest BCUT2D eigenvalue weighted by Crippen LogP contribution is 2.28. The molecule has 1 aromatic carbocycles. The van der Waals surface area contributed by atoms with Gasteiger partial charge in [-0.3, -0.25) is 0 Å². The topological polar surface area (TPSA) is 34.1 Å². The second-order valence-electron chi connectivity index (χ2n) is 5.31. The summed E-state index contributed by atoms with van der Waals surface area (Å²) in [6, 6.07) is 6.45. The lowest BCUT2D eigenvalue weighted by Gasteiger charge is -2.11. The van der Waals surface area contributed by atoms with Crippen LogP contribution in [0, 0.1) is 18.6 Å². The van der Waals surface area contributed by atoms with Gasteiger partial charge in [-0.15, -0.1) is 0 Å². The molecule has 3 rings (SSSR count). The molecule has 0 aliphatic heterocycles. The highest BCUT2D eigenvalue weighted by atomic mass is 19.1. The van der Waals surface area contributed by atoms with E-state index >= 15 is 0 Å². The molecule has 0 spiro atoms. The van der Waals surface area contributed by atoms with E-state index in [4.69, 9.17) is 4.74 Å². The van der Waals surface area contributed by atoms with Crippen LogP contribution in [-0.2, 0) is 6.54 Å². The molecule has 0 atom stereocenters. The van der Waals surface area contributed by atoms with Crippen LogP contribution >= 0.6 is 0 Å². The number of aromatic nitrogens is 1. The predicted molar refractivity (Wildman–Crippen MR) is 75.3 cm³/mol. The Morgan fingerprint density at radius 1 is 1.29 bits per heavy atom. The molecule has 1 aliphatic carbocycles. The molecule has 5 heteroatoms. The maximum Gasteiger partial charge on any atom is 0.224 e. The van der Waals surface area contributed by atoms with Crippen LogP contribution in [0.4, 0.5) is 8.78 Å². The monoisotopic (exact) mass is 290 g/mol. The van der Waals surface area contributed by atoms with Gasteiger partial charge in [-0.2, -0.15) is 0 Å². The molecule has 1 N–H and O–H groups in total. The van der Waals surface area contributed by atoms with Gasteiger partial charge in [-0.25, -0.2) is 13.8 Å². The number of rotatable bonds is 5. The van der Waals surface area contributed by atoms with Crippen molar-refractivity contribution in [2.75, 3.05) is 0 Å². The van der Waals surface area contributed by atoms with Crippen LogP contribution in [-0.4, -0.2) is 11.0 Å². The van der Waals surface area contributed by atoms with Crippen LogP contribution < -0.4 is 10.1 Å². The minimum atomic E-state index is -0.465. The van der Waals surface area contributed by atoms with E-state index in [1.807, 2.05) is 6.92 Å². The Morgan fingerprint density at radius 2 is 2.10 bits per heavy atom. The fraction of sp³-hybridized carbons (Fsp3) is 0.312. The lowest BCUT2D eigenvalue weighted by atomic mass is 10.2. The van der Waals surface area contributed by atoms with Crippen LogP contribution in [0.1, 0.15) is 24.0 Å². The third-order valence-electron chi connectivity index (χ3n) is 3.34. The zero-order valence-corrected chi connectivity index (χ0v) is 11.7. The molecule has 21 heavy (non-hydrogen) atoms. The zero-order chi connectivity index (χ0) is 14.8. The molecule has 0 bridgehead atoms. The van der Waals surface area contributed by atoms with Gasteiger partial charge in [0.1, 0.15) is 5.82 Å². The zero-order valence-electron chi connectivity index (χ0n) is 11.7. The molecule has 1 aromatic heterocycles. The number of benzene rings is 1. The highest BCUT2D eigenvalue weighted by molar-refractivity contribution is 5.35. The molecule has 1 heterocycles. The van der Waals surface area contributed by atoms with Crippen molar-refractivity contribution in [1.29, 1.82) is 0 Å². The number of aryl methyl sites for hydroxylation is 1. The summed E-state index contributed by atoms with van der Waals surface area (Å²) in [5.74, 6) is -0.566. The van der Waals surface area contributed by atoms with Crippen LogP contribution in [0.3, 0.4) is 0 Å². The van der Waals surface area contributed by atoms with Crippen molar-refractivity contribution in [3.05, 3.63) is 53.2 Å². The lowest BCUT2D eigenvalue weighted by molar-refractivity contribution is 0.417. The van der Waals surface area contributed by atoms with Gasteiger partial charge in [0.25, 0.3) is 0 Å². The number of pyridine rings is 1. The van der Waals surface area contributed by atoms with Crippen molar-refractivity contribution in [2.45, 2.75) is 32.4 Å². The van der Waals surface area contributed by atoms with E-state index in [1.165, 1.54) is 12.1 Å². The Kier molecular flexibility index (Phi) is 3.84. The van der Waals surface area contributed by atoms with Crippen molar-refractivity contribution >= 4 is 0 Å². The quantitative estimate of drug-likeness (QED) is 0.911. The molecule has 0 saturated heterocycles. The highest BCUT2D eigenvalue weighted by Gasteiger charge is 2.21. The summed E-state index contributed by atoms with van der Waals surface area (Å²) in [7, 11) is 0. The maximum absolute atomic E-state index is 13.7. The van der Waals surface area contributed by atoms with E-state index in [0.29, 0.717) is 18.2 Å². The molecular weight excluding hydrogens is 274 g/mol. The Morgan fingerprint density at radius 3 is 2.86 bits per heavy atom. The number of hydrogen-bond acceptors (Lipinski definition) is 3. The van der Waals surface area contributed by atoms with E-state index in [1.54, 1.807) is 12.1 Å². The minimum Gasteiger partial charge on any atom is -0.436 e. The molecule has 1 saturated carbocycles. The summed E-state index contributed by atoms with van der Waals surface area (Å²) >= 11 is 0. The average molecular weight is 290 g/mol. The number of nitrogens with zero attached hydrogens (tertiary/aromatic N) is 1. The Labute approximate surface area is 122 Å². The van der Waals surface area contributed by atoms with E-state index in [2.05, 4.69) is 10.3 Å². The van der Waals surface area contributed by atoms with Crippen molar-refractivity contribution < 1.29 is 13.5 Å². The van der Waals surface area contributed by atoms with Gasteiger partial charge in [-0.1, -0.05) is 6.07 Å². The van der Waals surface area contributed by atoms with Crippen LogP contribution in [0.15, 0.2) is 30.5 Å². The van der Waals surface area contributed by atoms with Crippen molar-refractivity contribution in [3.63, 3.8) is 0 Å². The number of hydrogen-bond donors (Lipinski definition) is 1. The number of nitrogens with one attached hydrogen (secondary N) is 1. The Hall–Kier alpha value is -2.01. The molecule has 1 aliphatic rings. The van der Waals surface area contributed by atoms with Gasteiger partial charge in [0.05, 0.1) is 6.20 Å². The van der Waals surface area contributed by atoms with Crippen LogP contribution in [0.2, 0.25) is 0 Å². The summed E-state index contributed by atoms with van der Waals surface area (Å²) in [4.78, 5) is 3.94. The SMILES string of the molecule is Cc1ccc(F)c(Oc2ncc(F)cc2CNC2CC2)c1. The van der Waals surface area contributed by atoms with Crippen LogP contribution in [0.5, 0.6) is 11.6 Å². The maximum atomic E-state index is 13.7. The summed E-state index contributed by atoms with van der Waals surface area (Å²) in [5, 5.41) is 3.27. The summed E-state index contributed by atoms with van der Waals surface area (Å²) in [6.45, 7) is 2.30. The lowest BCUT2D eigenvalue weighted by Crippen LogP contribution is -2.16. The average Bonchev–Trinajstić information content (AvgIpc) is 3.27. The van der Waals surface area contributed by atoms with Gasteiger partial charge >= 0.3 is 0 Å². The molecule has 110 valence electrons. The van der Waals surface area contributed by atoms with Gasteiger partial charge < -0.3 is 10.1 Å². The van der Waals surface area contributed by atoms with E-state index in [-0.39, 0.29) is 11.6 Å². The molecule has 1 fully saturated rings. The van der Waals surface area contributed by atoms with E-state index < -0.39 is 11.6 Å². The van der Waals surface area contributed by atoms with Gasteiger partial charge in [0, 0.05) is 18.2 Å². The molecule has 0 radical (unpaired) electrons. The molecule has 3 nitrogen and oxygen atoms in total. The molecule has 0 unspecified atom stereocenters.